The molecule has 0 saturated heterocycles. The first kappa shape index (κ1) is 20.6. The number of halogens is 7. The van der Waals surface area contributed by atoms with E-state index in [-0.39, 0.29) is 17.9 Å². The number of alkyl halides is 5. The molecular weight excluding hydrogens is 365 g/mol. The summed E-state index contributed by atoms with van der Waals surface area (Å²) in [6.45, 7) is -3.31. The molecule has 1 aliphatic rings. The van der Waals surface area contributed by atoms with Crippen molar-refractivity contribution >= 4 is 0 Å². The zero-order valence-corrected chi connectivity index (χ0v) is 13.8. The molecule has 26 heavy (non-hydrogen) atoms. The number of hydrogen-bond donors (Lipinski definition) is 0. The molecule has 146 valence electrons. The summed E-state index contributed by atoms with van der Waals surface area (Å²) in [5.74, 6) is -3.27. The Morgan fingerprint density at radius 2 is 1.62 bits per heavy atom. The summed E-state index contributed by atoms with van der Waals surface area (Å²) < 4.78 is 91.8. The maximum absolute atomic E-state index is 13.8. The van der Waals surface area contributed by atoms with Crippen molar-refractivity contribution in [1.82, 2.24) is 0 Å². The van der Waals surface area contributed by atoms with E-state index in [1.165, 1.54) is 0 Å². The summed E-state index contributed by atoms with van der Waals surface area (Å²) >= 11 is 0. The van der Waals surface area contributed by atoms with Gasteiger partial charge in [-0.15, -0.1) is 0 Å². The molecule has 0 aromatic heterocycles. The third-order valence-corrected chi connectivity index (χ3v) is 4.59. The number of hydrogen-bond acceptors (Lipinski definition) is 1. The van der Waals surface area contributed by atoms with Crippen LogP contribution in [0.25, 0.3) is 0 Å². The molecule has 0 radical (unpaired) electrons. The van der Waals surface area contributed by atoms with Crippen LogP contribution in [-0.4, -0.2) is 12.8 Å². The molecule has 1 nitrogen and oxygen atoms in total. The second-order valence-corrected chi connectivity index (χ2v) is 6.43. The summed E-state index contributed by atoms with van der Waals surface area (Å²) in [4.78, 5) is 0. The van der Waals surface area contributed by atoms with Crippen molar-refractivity contribution < 1.29 is 35.5 Å². The summed E-state index contributed by atoms with van der Waals surface area (Å²) in [6, 6.07) is 2.02. The van der Waals surface area contributed by atoms with Crippen LogP contribution in [-0.2, 0) is 0 Å². The van der Waals surface area contributed by atoms with Gasteiger partial charge < -0.3 is 4.74 Å². The Hall–Kier alpha value is -1.73. The van der Waals surface area contributed by atoms with Crippen LogP contribution in [0.1, 0.15) is 50.0 Å². The quantitative estimate of drug-likeness (QED) is 0.390. The molecule has 0 unspecified atom stereocenters. The van der Waals surface area contributed by atoms with Crippen molar-refractivity contribution in [2.75, 3.05) is 0 Å². The SMILES string of the molecule is Fc1cc(C2CCC(CC/C=C/C(F)(F)F)CC2)cc(F)c1OC(F)F. The first-order chi connectivity index (χ1) is 12.2. The normalized spacial score (nSPS) is 21.5. The van der Waals surface area contributed by atoms with Gasteiger partial charge in [-0.05, 0) is 68.1 Å². The van der Waals surface area contributed by atoms with E-state index in [2.05, 4.69) is 4.74 Å². The average Bonchev–Trinajstić information content (AvgIpc) is 2.54. The van der Waals surface area contributed by atoms with Gasteiger partial charge in [0.05, 0.1) is 0 Å². The zero-order valence-electron chi connectivity index (χ0n) is 13.8. The molecule has 0 bridgehead atoms. The summed E-state index contributed by atoms with van der Waals surface area (Å²) in [5.41, 5.74) is 0.386. The molecule has 0 spiro atoms. The predicted octanol–water partition coefficient (Wildman–Crippen LogP) is 6.74. The van der Waals surface area contributed by atoms with Crippen molar-refractivity contribution in [2.24, 2.45) is 5.92 Å². The minimum absolute atomic E-state index is 0.110. The number of allylic oxidation sites excluding steroid dienone is 2. The molecule has 1 aromatic rings. The molecule has 0 amide bonds. The molecule has 0 atom stereocenters. The Kier molecular flexibility index (Phi) is 6.94. The Balaban J connectivity index is 1.89. The third kappa shape index (κ3) is 6.21. The van der Waals surface area contributed by atoms with Gasteiger partial charge in [-0.2, -0.15) is 22.0 Å². The van der Waals surface area contributed by atoms with Gasteiger partial charge in [0.1, 0.15) is 0 Å². The van der Waals surface area contributed by atoms with Crippen molar-refractivity contribution in [1.29, 1.82) is 0 Å². The first-order valence-corrected chi connectivity index (χ1v) is 8.34. The van der Waals surface area contributed by atoms with Crippen LogP contribution in [0.3, 0.4) is 0 Å². The fourth-order valence-corrected chi connectivity index (χ4v) is 3.35. The van der Waals surface area contributed by atoms with Crippen LogP contribution in [0.15, 0.2) is 24.3 Å². The molecule has 1 fully saturated rings. The van der Waals surface area contributed by atoms with E-state index in [9.17, 15) is 30.7 Å². The number of rotatable bonds is 6. The lowest BCUT2D eigenvalue weighted by molar-refractivity contribution is -0.0800. The van der Waals surface area contributed by atoms with E-state index < -0.39 is 30.2 Å². The van der Waals surface area contributed by atoms with E-state index in [4.69, 9.17) is 0 Å². The second kappa shape index (κ2) is 8.77. The molecule has 0 N–H and O–H groups in total. The van der Waals surface area contributed by atoms with E-state index in [1.54, 1.807) is 0 Å². The highest BCUT2D eigenvalue weighted by Crippen LogP contribution is 2.39. The van der Waals surface area contributed by atoms with Crippen molar-refractivity contribution in [3.63, 3.8) is 0 Å². The Bertz CT molecular complexity index is 593. The fourth-order valence-electron chi connectivity index (χ4n) is 3.35. The van der Waals surface area contributed by atoms with Gasteiger partial charge in [-0.3, -0.25) is 0 Å². The maximum atomic E-state index is 13.8. The van der Waals surface area contributed by atoms with Crippen LogP contribution in [0, 0.1) is 17.6 Å². The lowest BCUT2D eigenvalue weighted by Gasteiger charge is -2.29. The third-order valence-electron chi connectivity index (χ3n) is 4.59. The fraction of sp³-hybridized carbons (Fsp3) is 0.556. The molecule has 0 heterocycles. The van der Waals surface area contributed by atoms with Crippen molar-refractivity contribution in [2.45, 2.75) is 57.2 Å². The highest BCUT2D eigenvalue weighted by molar-refractivity contribution is 5.33. The molecule has 1 aromatic carbocycles. The van der Waals surface area contributed by atoms with Crippen LogP contribution in [0.5, 0.6) is 5.75 Å². The van der Waals surface area contributed by atoms with E-state index >= 15 is 0 Å². The lowest BCUT2D eigenvalue weighted by Crippen LogP contribution is -2.14. The van der Waals surface area contributed by atoms with E-state index in [0.29, 0.717) is 31.2 Å². The topological polar surface area (TPSA) is 9.23 Å². The highest BCUT2D eigenvalue weighted by atomic mass is 19.4. The second-order valence-electron chi connectivity index (χ2n) is 6.43. The van der Waals surface area contributed by atoms with Crippen molar-refractivity contribution in [3.8, 4) is 5.75 Å². The smallest absolute Gasteiger partial charge is 0.409 e. The van der Waals surface area contributed by atoms with E-state index in [1.807, 2.05) is 0 Å². The van der Waals surface area contributed by atoms with Gasteiger partial charge in [-0.1, -0.05) is 6.08 Å². The van der Waals surface area contributed by atoms with E-state index in [0.717, 1.165) is 31.1 Å². The minimum Gasteiger partial charge on any atom is -0.429 e. The Morgan fingerprint density at radius 1 is 1.04 bits per heavy atom. The van der Waals surface area contributed by atoms with Gasteiger partial charge in [0.2, 0.25) is 0 Å². The first-order valence-electron chi connectivity index (χ1n) is 8.34. The van der Waals surface area contributed by atoms with Gasteiger partial charge in [0.25, 0.3) is 0 Å². The van der Waals surface area contributed by atoms with Crippen LogP contribution in [0.4, 0.5) is 30.7 Å². The van der Waals surface area contributed by atoms with Gasteiger partial charge in [0, 0.05) is 6.08 Å². The Labute approximate surface area is 146 Å². The molecule has 0 aliphatic heterocycles. The molecule has 2 rings (SSSR count). The minimum atomic E-state index is -4.30. The monoisotopic (exact) mass is 384 g/mol. The number of benzene rings is 1. The van der Waals surface area contributed by atoms with Crippen LogP contribution in [0.2, 0.25) is 0 Å². The summed E-state index contributed by atoms with van der Waals surface area (Å²) in [6.07, 6.45) is 0.758. The maximum Gasteiger partial charge on any atom is 0.409 e. The summed E-state index contributed by atoms with van der Waals surface area (Å²) in [5, 5.41) is 0. The number of ether oxygens (including phenoxy) is 1. The summed E-state index contributed by atoms with van der Waals surface area (Å²) in [7, 11) is 0. The lowest BCUT2D eigenvalue weighted by atomic mass is 9.77. The van der Waals surface area contributed by atoms with Crippen molar-refractivity contribution in [3.05, 3.63) is 41.5 Å². The predicted molar refractivity (Wildman–Crippen MR) is 82.1 cm³/mol. The average molecular weight is 384 g/mol. The van der Waals surface area contributed by atoms with Gasteiger partial charge >= 0.3 is 12.8 Å². The van der Waals surface area contributed by atoms with Gasteiger partial charge in [0.15, 0.2) is 17.4 Å². The molecular formula is C18H19F7O. The van der Waals surface area contributed by atoms with Crippen LogP contribution < -0.4 is 4.74 Å². The molecule has 1 aliphatic carbocycles. The van der Waals surface area contributed by atoms with Crippen LogP contribution >= 0.6 is 0 Å². The Morgan fingerprint density at radius 3 is 2.12 bits per heavy atom. The zero-order chi connectivity index (χ0) is 19.3. The largest absolute Gasteiger partial charge is 0.429 e. The van der Waals surface area contributed by atoms with Gasteiger partial charge in [-0.25, -0.2) is 8.78 Å². The standard InChI is InChI=1S/C18H19F7O/c19-14-9-13(10-15(20)16(14)26-17(21)22)12-6-4-11(5-7-12)3-1-2-8-18(23,24)25/h2,8-12,17H,1,3-7H2/b8-2+. The molecule has 8 heteroatoms. The molecule has 1 saturated carbocycles. The highest BCUT2D eigenvalue weighted by Gasteiger charge is 2.25.